The largest absolute Gasteiger partial charge is 0.294 e. The third kappa shape index (κ3) is 1.63. The summed E-state index contributed by atoms with van der Waals surface area (Å²) in [4.78, 5) is 11.8. The van der Waals surface area contributed by atoms with Gasteiger partial charge in [-0.2, -0.15) is 0 Å². The van der Waals surface area contributed by atoms with Gasteiger partial charge in [0.15, 0.2) is 5.78 Å². The maximum atomic E-state index is 11.8. The van der Waals surface area contributed by atoms with Crippen molar-refractivity contribution in [1.29, 1.82) is 0 Å². The van der Waals surface area contributed by atoms with Crippen LogP contribution in [0.15, 0.2) is 30.8 Å². The molecule has 1 heteroatoms. The van der Waals surface area contributed by atoms with Crippen molar-refractivity contribution >= 4 is 11.9 Å². The van der Waals surface area contributed by atoms with Gasteiger partial charge in [-0.25, -0.2) is 0 Å². The van der Waals surface area contributed by atoms with Crippen molar-refractivity contribution in [2.75, 3.05) is 0 Å². The van der Waals surface area contributed by atoms with Crippen molar-refractivity contribution in [3.63, 3.8) is 0 Å². The number of hydrogen-bond donors (Lipinski definition) is 0. The highest BCUT2D eigenvalue weighted by Gasteiger charge is 2.25. The van der Waals surface area contributed by atoms with Gasteiger partial charge < -0.3 is 0 Å². The Kier molecular flexibility index (Phi) is 2.49. The first-order valence-corrected chi connectivity index (χ1v) is 5.08. The highest BCUT2D eigenvalue weighted by molar-refractivity contribution is 5.98. The van der Waals surface area contributed by atoms with Crippen molar-refractivity contribution in [3.05, 3.63) is 42.0 Å². The van der Waals surface area contributed by atoms with Crippen molar-refractivity contribution in [2.45, 2.75) is 19.3 Å². The van der Waals surface area contributed by atoms with Gasteiger partial charge in [0.2, 0.25) is 0 Å². The van der Waals surface area contributed by atoms with E-state index in [2.05, 4.69) is 6.58 Å². The first-order valence-electron chi connectivity index (χ1n) is 5.08. The minimum Gasteiger partial charge on any atom is -0.294 e. The second-order valence-electron chi connectivity index (χ2n) is 3.82. The smallest absolute Gasteiger partial charge is 0.165 e. The Morgan fingerprint density at radius 1 is 1.29 bits per heavy atom. The monoisotopic (exact) mass is 186 g/mol. The predicted octanol–water partition coefficient (Wildman–Crippen LogP) is 3.31. The summed E-state index contributed by atoms with van der Waals surface area (Å²) in [5.74, 6) is 0.608. The first kappa shape index (κ1) is 9.20. The quantitative estimate of drug-likeness (QED) is 0.662. The maximum absolute atomic E-state index is 11.8. The van der Waals surface area contributed by atoms with Crippen LogP contribution in [0.25, 0.3) is 6.08 Å². The van der Waals surface area contributed by atoms with Crippen LogP contribution >= 0.6 is 0 Å². The van der Waals surface area contributed by atoms with E-state index < -0.39 is 0 Å². The van der Waals surface area contributed by atoms with Gasteiger partial charge >= 0.3 is 0 Å². The number of carbonyl (C=O) groups excluding carboxylic acids is 1. The number of benzene rings is 1. The van der Waals surface area contributed by atoms with Gasteiger partial charge in [0.1, 0.15) is 0 Å². The predicted molar refractivity (Wildman–Crippen MR) is 58.2 cm³/mol. The van der Waals surface area contributed by atoms with Crippen molar-refractivity contribution in [1.82, 2.24) is 0 Å². The molecule has 0 saturated heterocycles. The van der Waals surface area contributed by atoms with E-state index in [0.717, 1.165) is 24.0 Å². The zero-order valence-corrected chi connectivity index (χ0v) is 8.20. The van der Waals surface area contributed by atoms with Gasteiger partial charge in [-0.15, -0.1) is 0 Å². The van der Waals surface area contributed by atoms with E-state index in [1.54, 1.807) is 6.08 Å². The third-order valence-corrected chi connectivity index (χ3v) is 2.91. The van der Waals surface area contributed by atoms with Crippen molar-refractivity contribution < 1.29 is 4.79 Å². The summed E-state index contributed by atoms with van der Waals surface area (Å²) in [5.41, 5.74) is 1.91. The molecule has 0 aliphatic heterocycles. The molecule has 1 aliphatic carbocycles. The standard InChI is InChI=1S/C13H14O/c1-2-10-6-8-12(9-7-10)13(14)11-4-3-5-11/h2,6-9,11H,1,3-5H2. The average molecular weight is 186 g/mol. The molecule has 0 radical (unpaired) electrons. The zero-order chi connectivity index (χ0) is 9.97. The molecule has 2 rings (SSSR count). The minimum atomic E-state index is 0.296. The van der Waals surface area contributed by atoms with Gasteiger partial charge in [0, 0.05) is 11.5 Å². The van der Waals surface area contributed by atoms with Crippen LogP contribution in [0.4, 0.5) is 0 Å². The molecular weight excluding hydrogens is 172 g/mol. The summed E-state index contributed by atoms with van der Waals surface area (Å²) < 4.78 is 0. The first-order chi connectivity index (χ1) is 6.81. The van der Waals surface area contributed by atoms with E-state index in [0.29, 0.717) is 11.7 Å². The fourth-order valence-corrected chi connectivity index (χ4v) is 1.69. The Balaban J connectivity index is 2.15. The molecule has 0 spiro atoms. The van der Waals surface area contributed by atoms with Crippen molar-refractivity contribution in [2.24, 2.45) is 5.92 Å². The Hall–Kier alpha value is -1.37. The zero-order valence-electron chi connectivity index (χ0n) is 8.20. The van der Waals surface area contributed by atoms with E-state index in [1.807, 2.05) is 24.3 Å². The van der Waals surface area contributed by atoms with Crippen LogP contribution < -0.4 is 0 Å². The van der Waals surface area contributed by atoms with E-state index in [-0.39, 0.29) is 0 Å². The normalized spacial score (nSPS) is 16.0. The SMILES string of the molecule is C=Cc1ccc(C(=O)C2CCC2)cc1. The Labute approximate surface area is 84.5 Å². The average Bonchev–Trinajstić information content (AvgIpc) is 2.15. The van der Waals surface area contributed by atoms with Crippen LogP contribution in [0.5, 0.6) is 0 Å². The van der Waals surface area contributed by atoms with Gasteiger partial charge in [0.25, 0.3) is 0 Å². The molecule has 1 nitrogen and oxygen atoms in total. The van der Waals surface area contributed by atoms with Crippen molar-refractivity contribution in [3.8, 4) is 0 Å². The molecule has 0 amide bonds. The van der Waals surface area contributed by atoms with Gasteiger partial charge in [-0.05, 0) is 18.4 Å². The second-order valence-corrected chi connectivity index (χ2v) is 3.82. The molecule has 1 saturated carbocycles. The van der Waals surface area contributed by atoms with Crippen LogP contribution in [-0.2, 0) is 0 Å². The second kappa shape index (κ2) is 3.79. The molecule has 0 unspecified atom stereocenters. The van der Waals surface area contributed by atoms with Gasteiger partial charge in [-0.1, -0.05) is 43.3 Å². The molecule has 14 heavy (non-hydrogen) atoms. The molecule has 1 aromatic rings. The van der Waals surface area contributed by atoms with E-state index in [4.69, 9.17) is 0 Å². The lowest BCUT2D eigenvalue weighted by Crippen LogP contribution is -2.21. The number of ketones is 1. The molecule has 0 atom stereocenters. The topological polar surface area (TPSA) is 17.1 Å². The molecule has 72 valence electrons. The lowest BCUT2D eigenvalue weighted by molar-refractivity contribution is 0.0855. The molecule has 1 aromatic carbocycles. The third-order valence-electron chi connectivity index (χ3n) is 2.91. The maximum Gasteiger partial charge on any atom is 0.165 e. The van der Waals surface area contributed by atoms with E-state index >= 15 is 0 Å². The highest BCUT2D eigenvalue weighted by atomic mass is 16.1. The molecule has 0 heterocycles. The minimum absolute atomic E-state index is 0.296. The van der Waals surface area contributed by atoms with Crippen LogP contribution in [0.1, 0.15) is 35.2 Å². The lowest BCUT2D eigenvalue weighted by Gasteiger charge is -2.23. The molecule has 0 bridgehead atoms. The molecule has 1 fully saturated rings. The molecular formula is C13H14O. The van der Waals surface area contributed by atoms with Gasteiger partial charge in [-0.3, -0.25) is 4.79 Å². The van der Waals surface area contributed by atoms with Crippen LogP contribution in [0.2, 0.25) is 0 Å². The summed E-state index contributed by atoms with van der Waals surface area (Å²) in [7, 11) is 0. The molecule has 1 aliphatic rings. The summed E-state index contributed by atoms with van der Waals surface area (Å²) in [6, 6.07) is 7.69. The Morgan fingerprint density at radius 3 is 2.36 bits per heavy atom. The summed E-state index contributed by atoms with van der Waals surface area (Å²) in [5, 5.41) is 0. The van der Waals surface area contributed by atoms with E-state index in [1.165, 1.54) is 6.42 Å². The summed E-state index contributed by atoms with van der Waals surface area (Å²) in [6.45, 7) is 3.68. The summed E-state index contributed by atoms with van der Waals surface area (Å²) in [6.07, 6.45) is 5.14. The Bertz CT molecular complexity index is 344. The summed E-state index contributed by atoms with van der Waals surface area (Å²) >= 11 is 0. The van der Waals surface area contributed by atoms with E-state index in [9.17, 15) is 4.79 Å². The molecule has 0 N–H and O–H groups in total. The highest BCUT2D eigenvalue weighted by Crippen LogP contribution is 2.29. The fraction of sp³-hybridized carbons (Fsp3) is 0.308. The number of carbonyl (C=O) groups is 1. The Morgan fingerprint density at radius 2 is 1.93 bits per heavy atom. The number of hydrogen-bond acceptors (Lipinski definition) is 1. The van der Waals surface area contributed by atoms with Crippen LogP contribution in [0.3, 0.4) is 0 Å². The van der Waals surface area contributed by atoms with Crippen LogP contribution in [-0.4, -0.2) is 5.78 Å². The number of Topliss-reactive ketones (excluding diaryl/α,β-unsaturated/α-hetero) is 1. The fourth-order valence-electron chi connectivity index (χ4n) is 1.69. The van der Waals surface area contributed by atoms with Crippen LogP contribution in [0, 0.1) is 5.92 Å². The van der Waals surface area contributed by atoms with Gasteiger partial charge in [0.05, 0.1) is 0 Å². The molecule has 0 aromatic heterocycles. The number of rotatable bonds is 3. The lowest BCUT2D eigenvalue weighted by atomic mass is 9.80.